The highest BCUT2D eigenvalue weighted by Crippen LogP contribution is 2.27. The molecule has 0 spiro atoms. The minimum absolute atomic E-state index is 0.140. The normalized spacial score (nSPS) is 18.5. The molecule has 3 rings (SSSR count). The van der Waals surface area contributed by atoms with Gasteiger partial charge in [0.2, 0.25) is 20.0 Å². The molecule has 1 aliphatic heterocycles. The van der Waals surface area contributed by atoms with Crippen molar-refractivity contribution in [3.8, 4) is 11.5 Å². The minimum atomic E-state index is -4.20. The molecule has 0 radical (unpaired) electrons. The second-order valence-electron chi connectivity index (χ2n) is 6.76. The van der Waals surface area contributed by atoms with Crippen molar-refractivity contribution < 1.29 is 36.0 Å². The number of halogens is 1. The van der Waals surface area contributed by atoms with E-state index in [0.717, 1.165) is 14.9 Å². The first kappa shape index (κ1) is 23.1. The van der Waals surface area contributed by atoms with Gasteiger partial charge < -0.3 is 4.74 Å². The number of carbonyl (C=O) groups is 1. The fourth-order valence-corrected chi connectivity index (χ4v) is 5.47. The van der Waals surface area contributed by atoms with Gasteiger partial charge in [-0.15, -0.1) is 0 Å². The number of hydroxylamine groups is 1. The average Bonchev–Trinajstić information content (AvgIpc) is 2.74. The van der Waals surface area contributed by atoms with Crippen molar-refractivity contribution in [1.82, 2.24) is 14.1 Å². The number of sulfonamides is 2. The summed E-state index contributed by atoms with van der Waals surface area (Å²) in [5, 5.41) is 8.99. The van der Waals surface area contributed by atoms with Crippen LogP contribution in [-0.4, -0.2) is 68.5 Å². The average molecular weight is 474 g/mol. The Morgan fingerprint density at radius 2 is 1.58 bits per heavy atom. The smallest absolute Gasteiger partial charge is 0.263 e. The first-order valence-corrected chi connectivity index (χ1v) is 12.3. The van der Waals surface area contributed by atoms with Gasteiger partial charge in [-0.3, -0.25) is 10.0 Å². The van der Waals surface area contributed by atoms with E-state index in [4.69, 9.17) is 9.94 Å². The molecule has 1 saturated heterocycles. The topological polar surface area (TPSA) is 133 Å². The Balaban J connectivity index is 1.83. The van der Waals surface area contributed by atoms with Crippen molar-refractivity contribution in [2.75, 3.05) is 25.9 Å². The van der Waals surface area contributed by atoms with Gasteiger partial charge in [-0.2, -0.15) is 8.61 Å². The Hall–Kier alpha value is -2.58. The van der Waals surface area contributed by atoms with Gasteiger partial charge in [0.15, 0.2) is 0 Å². The van der Waals surface area contributed by atoms with Crippen molar-refractivity contribution in [3.63, 3.8) is 0 Å². The molecule has 2 aromatic carbocycles. The number of piperazine rings is 1. The highest BCUT2D eigenvalue weighted by molar-refractivity contribution is 7.89. The molecule has 31 heavy (non-hydrogen) atoms. The van der Waals surface area contributed by atoms with E-state index < -0.39 is 44.4 Å². The summed E-state index contributed by atoms with van der Waals surface area (Å²) in [5.41, 5.74) is 1.39. The summed E-state index contributed by atoms with van der Waals surface area (Å²) in [6.45, 7) is -0.851. The van der Waals surface area contributed by atoms with E-state index in [1.165, 1.54) is 54.0 Å². The van der Waals surface area contributed by atoms with Gasteiger partial charge in [0.25, 0.3) is 5.91 Å². The van der Waals surface area contributed by atoms with Crippen LogP contribution in [0, 0.1) is 5.82 Å². The number of hydrogen-bond acceptors (Lipinski definition) is 7. The fraction of sp³-hybridized carbons (Fsp3) is 0.278. The van der Waals surface area contributed by atoms with Crippen molar-refractivity contribution in [2.24, 2.45) is 0 Å². The van der Waals surface area contributed by atoms with Crippen molar-refractivity contribution in [2.45, 2.75) is 10.9 Å². The summed E-state index contributed by atoms with van der Waals surface area (Å²) in [4.78, 5) is 11.9. The zero-order valence-corrected chi connectivity index (χ0v) is 17.9. The number of rotatable bonds is 6. The molecule has 1 heterocycles. The minimum Gasteiger partial charge on any atom is -0.457 e. The van der Waals surface area contributed by atoms with Gasteiger partial charge >= 0.3 is 0 Å². The van der Waals surface area contributed by atoms with Crippen LogP contribution in [0.1, 0.15) is 0 Å². The number of ether oxygens (including phenoxy) is 1. The van der Waals surface area contributed by atoms with E-state index in [9.17, 15) is 26.0 Å². The van der Waals surface area contributed by atoms with E-state index in [0.29, 0.717) is 11.5 Å². The molecule has 0 saturated carbocycles. The van der Waals surface area contributed by atoms with E-state index in [-0.39, 0.29) is 18.0 Å². The summed E-state index contributed by atoms with van der Waals surface area (Å²) >= 11 is 0. The predicted octanol–water partition coefficient (Wildman–Crippen LogP) is 0.758. The molecule has 1 unspecified atom stereocenters. The molecule has 168 valence electrons. The second-order valence-corrected chi connectivity index (χ2v) is 10.6. The van der Waals surface area contributed by atoms with Gasteiger partial charge in [-0.05, 0) is 48.5 Å². The molecule has 2 N–H and O–H groups in total. The SMILES string of the molecule is CS(=O)(=O)N1CCN(S(=O)(=O)c2ccc(Oc3ccc(F)cc3)cc2)C(C(=O)NO)C1. The summed E-state index contributed by atoms with van der Waals surface area (Å²) in [7, 11) is -7.86. The molecule has 1 amide bonds. The fourth-order valence-electron chi connectivity index (χ4n) is 3.07. The Morgan fingerprint density at radius 1 is 1.03 bits per heavy atom. The number of nitrogens with zero attached hydrogens (tertiary/aromatic N) is 2. The quantitative estimate of drug-likeness (QED) is 0.467. The predicted molar refractivity (Wildman–Crippen MR) is 107 cm³/mol. The molecule has 0 aromatic heterocycles. The van der Waals surface area contributed by atoms with Crippen LogP contribution in [0.25, 0.3) is 0 Å². The first-order valence-electron chi connectivity index (χ1n) is 8.97. The molecule has 1 fully saturated rings. The number of hydrogen-bond donors (Lipinski definition) is 2. The lowest BCUT2D eigenvalue weighted by Crippen LogP contribution is -2.60. The molecule has 1 aliphatic rings. The highest BCUT2D eigenvalue weighted by atomic mass is 32.2. The zero-order valence-electron chi connectivity index (χ0n) is 16.3. The largest absolute Gasteiger partial charge is 0.457 e. The zero-order chi connectivity index (χ0) is 22.8. The lowest BCUT2D eigenvalue weighted by molar-refractivity contribution is -0.134. The van der Waals surface area contributed by atoms with Crippen molar-refractivity contribution in [3.05, 3.63) is 54.3 Å². The molecule has 0 aliphatic carbocycles. The van der Waals surface area contributed by atoms with Gasteiger partial charge in [0.1, 0.15) is 23.4 Å². The van der Waals surface area contributed by atoms with Gasteiger partial charge in [0, 0.05) is 19.6 Å². The first-order chi connectivity index (χ1) is 14.5. The highest BCUT2D eigenvalue weighted by Gasteiger charge is 2.42. The summed E-state index contributed by atoms with van der Waals surface area (Å²) in [6, 6.07) is 9.14. The number of benzene rings is 2. The van der Waals surface area contributed by atoms with Crippen LogP contribution < -0.4 is 10.2 Å². The summed E-state index contributed by atoms with van der Waals surface area (Å²) in [6.07, 6.45) is 0.949. The Labute approximate surface area is 178 Å². The number of nitrogens with one attached hydrogen (secondary N) is 1. The third-order valence-electron chi connectivity index (χ3n) is 4.66. The maximum Gasteiger partial charge on any atom is 0.263 e. The Kier molecular flexibility index (Phi) is 6.62. The van der Waals surface area contributed by atoms with Crippen LogP contribution in [0.5, 0.6) is 11.5 Å². The summed E-state index contributed by atoms with van der Waals surface area (Å²) < 4.78 is 70.1. The van der Waals surface area contributed by atoms with E-state index in [1.807, 2.05) is 0 Å². The monoisotopic (exact) mass is 473 g/mol. The van der Waals surface area contributed by atoms with Gasteiger partial charge in [-0.1, -0.05) is 0 Å². The molecular formula is C18H20FN3O7S2. The van der Waals surface area contributed by atoms with Crippen LogP contribution in [0.3, 0.4) is 0 Å². The van der Waals surface area contributed by atoms with Crippen LogP contribution in [-0.2, 0) is 24.8 Å². The Morgan fingerprint density at radius 3 is 2.10 bits per heavy atom. The molecule has 0 bridgehead atoms. The maximum atomic E-state index is 13.1. The Bertz CT molecular complexity index is 1150. The molecular weight excluding hydrogens is 453 g/mol. The van der Waals surface area contributed by atoms with Gasteiger partial charge in [-0.25, -0.2) is 26.7 Å². The van der Waals surface area contributed by atoms with E-state index in [1.54, 1.807) is 0 Å². The third kappa shape index (κ3) is 5.19. The van der Waals surface area contributed by atoms with Crippen molar-refractivity contribution >= 4 is 26.0 Å². The van der Waals surface area contributed by atoms with Crippen LogP contribution in [0.2, 0.25) is 0 Å². The number of carbonyl (C=O) groups excluding carboxylic acids is 1. The standard InChI is InChI=1S/C18H20FN3O7S2/c1-30(25,26)21-10-11-22(17(12-21)18(23)20-24)31(27,28)16-8-6-15(7-9-16)29-14-4-2-13(19)3-5-14/h2-9,17,24H,10-12H2,1H3,(H,20,23). The van der Waals surface area contributed by atoms with Crippen molar-refractivity contribution in [1.29, 1.82) is 0 Å². The molecule has 13 heteroatoms. The third-order valence-corrected chi connectivity index (χ3v) is 7.85. The summed E-state index contributed by atoms with van der Waals surface area (Å²) in [5.74, 6) is -0.815. The lowest BCUT2D eigenvalue weighted by Gasteiger charge is -2.38. The molecule has 2 aromatic rings. The van der Waals surface area contributed by atoms with Crippen LogP contribution in [0.15, 0.2) is 53.4 Å². The van der Waals surface area contributed by atoms with Gasteiger partial charge in [0.05, 0.1) is 11.2 Å². The van der Waals surface area contributed by atoms with Crippen LogP contribution >= 0.6 is 0 Å². The lowest BCUT2D eigenvalue weighted by atomic mass is 10.2. The molecule has 1 atom stereocenters. The number of amides is 1. The second kappa shape index (κ2) is 8.88. The molecule has 10 nitrogen and oxygen atoms in total. The van der Waals surface area contributed by atoms with E-state index >= 15 is 0 Å². The van der Waals surface area contributed by atoms with E-state index in [2.05, 4.69) is 0 Å². The van der Waals surface area contributed by atoms with Crippen LogP contribution in [0.4, 0.5) is 4.39 Å². The maximum absolute atomic E-state index is 13.1.